The Balaban J connectivity index is 1.98. The predicted octanol–water partition coefficient (Wildman–Crippen LogP) is 2.84. The molecule has 0 radical (unpaired) electrons. The minimum absolute atomic E-state index is 0.0137. The minimum Gasteiger partial charge on any atom is -0.506 e. The quantitative estimate of drug-likeness (QED) is 0.911. The third-order valence-electron chi connectivity index (χ3n) is 4.26. The molecule has 2 heterocycles. The second kappa shape index (κ2) is 5.49. The summed E-state index contributed by atoms with van der Waals surface area (Å²) in [5.74, 6) is -0.0137. The third kappa shape index (κ3) is 3.01. The zero-order valence-electron chi connectivity index (χ0n) is 12.1. The first-order valence-corrected chi connectivity index (χ1v) is 7.15. The molecule has 122 valence electrons. The molecule has 1 saturated carbocycles. The molecular weight excluding hydrogens is 309 g/mol. The summed E-state index contributed by atoms with van der Waals surface area (Å²) < 4.78 is 38.7. The molecular formula is C16H15F3N2O2. The molecule has 0 aromatic carbocycles. The van der Waals surface area contributed by atoms with Gasteiger partial charge in [0.25, 0.3) is 0 Å². The number of rotatable bonds is 3. The monoisotopic (exact) mass is 324 g/mol. The third-order valence-corrected chi connectivity index (χ3v) is 4.26. The summed E-state index contributed by atoms with van der Waals surface area (Å²) in [4.78, 5) is 8.17. The molecule has 2 aromatic heterocycles. The smallest absolute Gasteiger partial charge is 0.416 e. The van der Waals surface area contributed by atoms with E-state index in [9.17, 15) is 23.4 Å². The van der Waals surface area contributed by atoms with E-state index in [0.717, 1.165) is 18.3 Å². The molecule has 0 aliphatic heterocycles. The van der Waals surface area contributed by atoms with Crippen molar-refractivity contribution in [1.29, 1.82) is 0 Å². The topological polar surface area (TPSA) is 66.2 Å². The van der Waals surface area contributed by atoms with Gasteiger partial charge >= 0.3 is 6.18 Å². The van der Waals surface area contributed by atoms with Crippen LogP contribution in [0.3, 0.4) is 0 Å². The molecule has 0 saturated heterocycles. The van der Waals surface area contributed by atoms with Crippen LogP contribution in [0.1, 0.15) is 29.8 Å². The number of alkyl halides is 3. The number of hydrogen-bond acceptors (Lipinski definition) is 4. The lowest BCUT2D eigenvalue weighted by molar-refractivity contribution is -0.137. The summed E-state index contributed by atoms with van der Waals surface area (Å²) in [6.45, 7) is 0. The van der Waals surface area contributed by atoms with Gasteiger partial charge in [-0.05, 0) is 37.1 Å². The van der Waals surface area contributed by atoms with Gasteiger partial charge in [0.2, 0.25) is 0 Å². The minimum atomic E-state index is -4.45. The molecule has 0 spiro atoms. The lowest BCUT2D eigenvalue weighted by Gasteiger charge is -2.45. The summed E-state index contributed by atoms with van der Waals surface area (Å²) >= 11 is 0. The van der Waals surface area contributed by atoms with Crippen molar-refractivity contribution in [2.45, 2.75) is 37.0 Å². The Morgan fingerprint density at radius 3 is 2.52 bits per heavy atom. The van der Waals surface area contributed by atoms with E-state index in [0.29, 0.717) is 5.69 Å². The number of nitrogens with zero attached hydrogens (tertiary/aromatic N) is 2. The second-order valence-corrected chi connectivity index (χ2v) is 5.92. The average molecular weight is 324 g/mol. The lowest BCUT2D eigenvalue weighted by Crippen LogP contribution is -2.47. The largest absolute Gasteiger partial charge is 0.506 e. The predicted molar refractivity (Wildman–Crippen MR) is 75.8 cm³/mol. The van der Waals surface area contributed by atoms with Crippen molar-refractivity contribution in [2.24, 2.45) is 0 Å². The van der Waals surface area contributed by atoms with Crippen LogP contribution in [-0.4, -0.2) is 26.3 Å². The van der Waals surface area contributed by atoms with E-state index in [2.05, 4.69) is 9.97 Å². The van der Waals surface area contributed by atoms with Crippen molar-refractivity contribution in [1.82, 2.24) is 9.97 Å². The van der Waals surface area contributed by atoms with Crippen LogP contribution in [0.2, 0.25) is 0 Å². The number of aliphatic hydroxyl groups excluding tert-OH is 1. The fourth-order valence-corrected chi connectivity index (χ4v) is 3.07. The second-order valence-electron chi connectivity index (χ2n) is 5.92. The van der Waals surface area contributed by atoms with Gasteiger partial charge in [-0.2, -0.15) is 13.2 Å². The Labute approximate surface area is 130 Å². The van der Waals surface area contributed by atoms with Gasteiger partial charge in [0.15, 0.2) is 0 Å². The Kier molecular flexibility index (Phi) is 3.75. The van der Waals surface area contributed by atoms with Crippen LogP contribution < -0.4 is 0 Å². The molecule has 1 aliphatic carbocycles. The van der Waals surface area contributed by atoms with Gasteiger partial charge in [0.1, 0.15) is 5.75 Å². The molecule has 0 unspecified atom stereocenters. The van der Waals surface area contributed by atoms with Gasteiger partial charge in [-0.25, -0.2) is 0 Å². The number of hydrogen-bond donors (Lipinski definition) is 2. The van der Waals surface area contributed by atoms with Crippen molar-refractivity contribution >= 4 is 0 Å². The van der Waals surface area contributed by atoms with Crippen molar-refractivity contribution in [3.8, 4) is 5.75 Å². The molecule has 0 bridgehead atoms. The van der Waals surface area contributed by atoms with E-state index in [-0.39, 0.29) is 30.7 Å². The fourth-order valence-electron chi connectivity index (χ4n) is 3.07. The van der Waals surface area contributed by atoms with E-state index in [4.69, 9.17) is 0 Å². The van der Waals surface area contributed by atoms with Crippen molar-refractivity contribution in [3.63, 3.8) is 0 Å². The molecule has 0 amide bonds. The SMILES string of the molecule is Oc1cccnc1CC1(c2cc(C(F)(F)F)ccn2)CC(O)C1. The normalized spacial score (nSPS) is 24.3. The molecule has 23 heavy (non-hydrogen) atoms. The maximum atomic E-state index is 12.9. The van der Waals surface area contributed by atoms with E-state index in [1.165, 1.54) is 12.3 Å². The maximum Gasteiger partial charge on any atom is 0.416 e. The van der Waals surface area contributed by atoms with Crippen molar-refractivity contribution in [3.05, 3.63) is 53.6 Å². The van der Waals surface area contributed by atoms with Gasteiger partial charge in [-0.3, -0.25) is 9.97 Å². The zero-order valence-corrected chi connectivity index (χ0v) is 12.1. The van der Waals surface area contributed by atoms with E-state index < -0.39 is 23.3 Å². The summed E-state index contributed by atoms with van der Waals surface area (Å²) in [5, 5.41) is 19.6. The van der Waals surface area contributed by atoms with Gasteiger partial charge in [-0.1, -0.05) is 0 Å². The Hall–Kier alpha value is -2.15. The van der Waals surface area contributed by atoms with Crippen LogP contribution in [0.4, 0.5) is 13.2 Å². The van der Waals surface area contributed by atoms with Gasteiger partial charge in [-0.15, -0.1) is 0 Å². The highest BCUT2D eigenvalue weighted by Crippen LogP contribution is 2.47. The lowest BCUT2D eigenvalue weighted by atomic mass is 9.62. The summed E-state index contributed by atoms with van der Waals surface area (Å²) in [7, 11) is 0. The summed E-state index contributed by atoms with van der Waals surface area (Å²) in [6, 6.07) is 4.99. The summed E-state index contributed by atoms with van der Waals surface area (Å²) in [6.07, 6.45) is -1.59. The van der Waals surface area contributed by atoms with Gasteiger partial charge in [0.05, 0.1) is 17.4 Å². The van der Waals surface area contributed by atoms with Gasteiger partial charge < -0.3 is 10.2 Å². The molecule has 1 fully saturated rings. The Morgan fingerprint density at radius 2 is 1.91 bits per heavy atom. The molecule has 3 rings (SSSR count). The number of aliphatic hydroxyl groups is 1. The first kappa shape index (κ1) is 15.7. The zero-order chi connectivity index (χ0) is 16.7. The maximum absolute atomic E-state index is 12.9. The van der Waals surface area contributed by atoms with Crippen LogP contribution in [0.25, 0.3) is 0 Å². The number of aromatic hydroxyl groups is 1. The molecule has 0 atom stereocenters. The van der Waals surface area contributed by atoms with Crippen LogP contribution >= 0.6 is 0 Å². The number of halogens is 3. The van der Waals surface area contributed by atoms with Gasteiger partial charge in [0, 0.05) is 29.9 Å². The van der Waals surface area contributed by atoms with E-state index >= 15 is 0 Å². The number of pyridine rings is 2. The van der Waals surface area contributed by atoms with Crippen LogP contribution in [0.15, 0.2) is 36.7 Å². The Morgan fingerprint density at radius 1 is 1.17 bits per heavy atom. The standard InChI is InChI=1S/C16H15F3N2O2/c17-16(18,19)10-3-5-21-14(6-10)15(7-11(22)8-15)9-12-13(23)2-1-4-20-12/h1-6,11,22-23H,7-9H2. The molecule has 2 N–H and O–H groups in total. The van der Waals surface area contributed by atoms with Crippen LogP contribution in [0, 0.1) is 0 Å². The van der Waals surface area contributed by atoms with Crippen molar-refractivity contribution < 1.29 is 23.4 Å². The first-order valence-electron chi connectivity index (χ1n) is 7.15. The molecule has 7 heteroatoms. The fraction of sp³-hybridized carbons (Fsp3) is 0.375. The highest BCUT2D eigenvalue weighted by Gasteiger charge is 2.47. The average Bonchev–Trinajstić information content (AvgIpc) is 2.47. The van der Waals surface area contributed by atoms with E-state index in [1.54, 1.807) is 6.07 Å². The highest BCUT2D eigenvalue weighted by atomic mass is 19.4. The molecule has 1 aliphatic rings. The first-order chi connectivity index (χ1) is 10.8. The van der Waals surface area contributed by atoms with E-state index in [1.807, 2.05) is 0 Å². The molecule has 2 aromatic rings. The molecule has 4 nitrogen and oxygen atoms in total. The highest BCUT2D eigenvalue weighted by molar-refractivity contribution is 5.34. The Bertz CT molecular complexity index is 712. The number of aromatic nitrogens is 2. The van der Waals surface area contributed by atoms with Crippen LogP contribution in [0.5, 0.6) is 5.75 Å². The summed E-state index contributed by atoms with van der Waals surface area (Å²) in [5.41, 5.74) is -0.859. The van der Waals surface area contributed by atoms with Crippen LogP contribution in [-0.2, 0) is 18.0 Å². The van der Waals surface area contributed by atoms with Crippen molar-refractivity contribution in [2.75, 3.05) is 0 Å².